The number of ether oxygens (including phenoxy) is 1. The number of hydrogen-bond acceptors (Lipinski definition) is 2. The summed E-state index contributed by atoms with van der Waals surface area (Å²) >= 11 is 0. The summed E-state index contributed by atoms with van der Waals surface area (Å²) in [5.41, 5.74) is 3.05. The van der Waals surface area contributed by atoms with Gasteiger partial charge in [-0.25, -0.2) is 0 Å². The molecule has 6 heteroatoms. The van der Waals surface area contributed by atoms with Gasteiger partial charge in [0.05, 0.1) is 0 Å². The molecule has 2 aromatic rings. The molecule has 2 aromatic carbocycles. The van der Waals surface area contributed by atoms with E-state index in [4.69, 9.17) is 0 Å². The number of halogens is 3. The molecular formula is C20H22F3NO2. The van der Waals surface area contributed by atoms with E-state index >= 15 is 0 Å². The number of anilines is 1. The van der Waals surface area contributed by atoms with E-state index in [9.17, 15) is 18.0 Å². The Kier molecular flexibility index (Phi) is 5.95. The van der Waals surface area contributed by atoms with Gasteiger partial charge in [-0.3, -0.25) is 4.79 Å². The molecule has 1 amide bonds. The second-order valence-electron chi connectivity index (χ2n) is 6.65. The van der Waals surface area contributed by atoms with Crippen LogP contribution in [0.5, 0.6) is 5.75 Å². The summed E-state index contributed by atoms with van der Waals surface area (Å²) in [6.07, 6.45) is -4.76. The lowest BCUT2D eigenvalue weighted by Gasteiger charge is -2.20. The van der Waals surface area contributed by atoms with Gasteiger partial charge in [-0.15, -0.1) is 13.2 Å². The summed E-state index contributed by atoms with van der Waals surface area (Å²) in [7, 11) is 0. The lowest BCUT2D eigenvalue weighted by Crippen LogP contribution is -2.18. The molecule has 0 aromatic heterocycles. The minimum atomic E-state index is -4.76. The van der Waals surface area contributed by atoms with Crippen molar-refractivity contribution in [2.45, 2.75) is 45.9 Å². The van der Waals surface area contributed by atoms with Crippen LogP contribution < -0.4 is 10.1 Å². The fourth-order valence-electron chi connectivity index (χ4n) is 2.69. The van der Waals surface area contributed by atoms with Crippen molar-refractivity contribution in [3.05, 3.63) is 59.2 Å². The quantitative estimate of drug-likeness (QED) is 0.697. The first-order chi connectivity index (χ1) is 12.1. The number of benzene rings is 2. The third-order valence-electron chi connectivity index (χ3n) is 3.96. The van der Waals surface area contributed by atoms with Crippen molar-refractivity contribution in [3.8, 4) is 5.75 Å². The lowest BCUT2D eigenvalue weighted by atomic mass is 9.92. The zero-order valence-electron chi connectivity index (χ0n) is 15.1. The zero-order valence-corrected chi connectivity index (χ0v) is 15.1. The lowest BCUT2D eigenvalue weighted by molar-refractivity contribution is -0.274. The normalized spacial score (nSPS) is 11.7. The van der Waals surface area contributed by atoms with Crippen LogP contribution in [0.4, 0.5) is 18.9 Å². The number of alkyl halides is 3. The highest BCUT2D eigenvalue weighted by Crippen LogP contribution is 2.33. The van der Waals surface area contributed by atoms with E-state index in [1.807, 2.05) is 45.9 Å². The summed E-state index contributed by atoms with van der Waals surface area (Å²) in [5, 5.41) is 2.92. The number of para-hydroxylation sites is 1. The number of rotatable bonds is 5. The van der Waals surface area contributed by atoms with Crippen LogP contribution in [0, 0.1) is 0 Å². The Balaban J connectivity index is 2.27. The first kappa shape index (κ1) is 19.8. The third-order valence-corrected chi connectivity index (χ3v) is 3.96. The van der Waals surface area contributed by atoms with Crippen molar-refractivity contribution in [1.29, 1.82) is 0 Å². The molecule has 26 heavy (non-hydrogen) atoms. The van der Waals surface area contributed by atoms with Gasteiger partial charge in [0.2, 0.25) is 0 Å². The van der Waals surface area contributed by atoms with Gasteiger partial charge in [0.1, 0.15) is 5.75 Å². The molecule has 0 fully saturated rings. The average Bonchev–Trinajstić information content (AvgIpc) is 2.53. The van der Waals surface area contributed by atoms with Crippen LogP contribution in [-0.2, 0) is 0 Å². The number of amides is 1. The highest BCUT2D eigenvalue weighted by molar-refractivity contribution is 6.05. The Labute approximate surface area is 151 Å². The smallest absolute Gasteiger partial charge is 0.406 e. The van der Waals surface area contributed by atoms with Gasteiger partial charge in [0.15, 0.2) is 0 Å². The molecule has 0 aliphatic heterocycles. The predicted molar refractivity (Wildman–Crippen MR) is 95.7 cm³/mol. The van der Waals surface area contributed by atoms with Gasteiger partial charge in [0, 0.05) is 11.3 Å². The van der Waals surface area contributed by atoms with Crippen LogP contribution in [0.3, 0.4) is 0 Å². The Bertz CT molecular complexity index is 739. The number of carbonyl (C=O) groups excluding carboxylic acids is 1. The van der Waals surface area contributed by atoms with Crippen molar-refractivity contribution in [2.24, 2.45) is 0 Å². The van der Waals surface area contributed by atoms with Crippen LogP contribution in [0.15, 0.2) is 42.5 Å². The molecule has 0 aliphatic rings. The Morgan fingerprint density at radius 2 is 1.42 bits per heavy atom. The van der Waals surface area contributed by atoms with E-state index in [0.29, 0.717) is 0 Å². The molecule has 0 spiro atoms. The highest BCUT2D eigenvalue weighted by atomic mass is 19.4. The largest absolute Gasteiger partial charge is 0.573 e. The van der Waals surface area contributed by atoms with Gasteiger partial charge in [0.25, 0.3) is 5.91 Å². The first-order valence-corrected chi connectivity index (χ1v) is 8.38. The van der Waals surface area contributed by atoms with Gasteiger partial charge >= 0.3 is 6.36 Å². The number of nitrogens with one attached hydrogen (secondary N) is 1. The predicted octanol–water partition coefficient (Wildman–Crippen LogP) is 6.08. The maximum Gasteiger partial charge on any atom is 0.573 e. The summed E-state index contributed by atoms with van der Waals surface area (Å²) in [6, 6.07) is 10.8. The molecule has 0 heterocycles. The third kappa shape index (κ3) is 5.00. The molecule has 140 valence electrons. The van der Waals surface area contributed by atoms with Crippen LogP contribution in [0.1, 0.15) is 61.0 Å². The summed E-state index contributed by atoms with van der Waals surface area (Å²) in [4.78, 5) is 12.6. The Morgan fingerprint density at radius 3 is 1.85 bits per heavy atom. The molecule has 1 N–H and O–H groups in total. The maximum absolute atomic E-state index is 12.6. The van der Waals surface area contributed by atoms with Gasteiger partial charge in [-0.05, 0) is 47.2 Å². The van der Waals surface area contributed by atoms with Crippen LogP contribution in [0.25, 0.3) is 0 Å². The molecule has 0 aliphatic carbocycles. The molecule has 2 rings (SSSR count). The average molecular weight is 365 g/mol. The van der Waals surface area contributed by atoms with E-state index in [2.05, 4.69) is 10.1 Å². The summed E-state index contributed by atoms with van der Waals surface area (Å²) in [6.45, 7) is 8.16. The molecule has 0 unspecified atom stereocenters. The summed E-state index contributed by atoms with van der Waals surface area (Å²) < 4.78 is 40.5. The number of carbonyl (C=O) groups is 1. The van der Waals surface area contributed by atoms with Crippen molar-refractivity contribution in [2.75, 3.05) is 5.32 Å². The van der Waals surface area contributed by atoms with Crippen molar-refractivity contribution in [3.63, 3.8) is 0 Å². The van der Waals surface area contributed by atoms with Gasteiger partial charge < -0.3 is 10.1 Å². The molecular weight excluding hydrogens is 343 g/mol. The second-order valence-corrected chi connectivity index (χ2v) is 6.65. The molecule has 3 nitrogen and oxygen atoms in total. The van der Waals surface area contributed by atoms with E-state index in [1.165, 1.54) is 12.1 Å². The van der Waals surface area contributed by atoms with E-state index < -0.39 is 6.36 Å². The minimum absolute atomic E-state index is 0.214. The highest BCUT2D eigenvalue weighted by Gasteiger charge is 2.31. The Hall–Kier alpha value is -2.50. The Morgan fingerprint density at radius 1 is 0.923 bits per heavy atom. The number of hydrogen-bond donors (Lipinski definition) is 1. The zero-order chi connectivity index (χ0) is 19.5. The van der Waals surface area contributed by atoms with Crippen molar-refractivity contribution >= 4 is 11.6 Å². The fraction of sp³-hybridized carbons (Fsp3) is 0.350. The van der Waals surface area contributed by atoms with Gasteiger partial charge in [-0.1, -0.05) is 45.9 Å². The standard InChI is InChI=1S/C20H22F3NO2/c1-12(2)16-6-5-7-17(13(3)4)18(16)24-19(25)14-8-10-15(11-9-14)26-20(21,22)23/h5-13H,1-4H3,(H,24,25). The van der Waals surface area contributed by atoms with Gasteiger partial charge in [-0.2, -0.15) is 0 Å². The van der Waals surface area contributed by atoms with E-state index in [1.54, 1.807) is 0 Å². The molecule has 0 bridgehead atoms. The van der Waals surface area contributed by atoms with Crippen LogP contribution >= 0.6 is 0 Å². The fourth-order valence-corrected chi connectivity index (χ4v) is 2.69. The SMILES string of the molecule is CC(C)c1cccc(C(C)C)c1NC(=O)c1ccc(OC(F)(F)F)cc1. The van der Waals surface area contributed by atoms with E-state index in [-0.39, 0.29) is 29.1 Å². The van der Waals surface area contributed by atoms with Crippen molar-refractivity contribution < 1.29 is 22.7 Å². The first-order valence-electron chi connectivity index (χ1n) is 8.38. The molecule has 0 saturated heterocycles. The maximum atomic E-state index is 12.6. The van der Waals surface area contributed by atoms with Crippen LogP contribution in [-0.4, -0.2) is 12.3 Å². The summed E-state index contributed by atoms with van der Waals surface area (Å²) in [5.74, 6) is -0.309. The molecule has 0 radical (unpaired) electrons. The van der Waals surface area contributed by atoms with Crippen LogP contribution in [0.2, 0.25) is 0 Å². The second kappa shape index (κ2) is 7.81. The molecule has 0 saturated carbocycles. The van der Waals surface area contributed by atoms with E-state index in [0.717, 1.165) is 28.9 Å². The minimum Gasteiger partial charge on any atom is -0.406 e. The van der Waals surface area contributed by atoms with Crippen molar-refractivity contribution in [1.82, 2.24) is 0 Å². The topological polar surface area (TPSA) is 38.3 Å². The monoisotopic (exact) mass is 365 g/mol. The molecule has 0 atom stereocenters.